The van der Waals surface area contributed by atoms with Crippen molar-refractivity contribution >= 4 is 0 Å². The molecule has 4 heteroatoms. The second-order valence-electron chi connectivity index (χ2n) is 12.7. The van der Waals surface area contributed by atoms with Crippen molar-refractivity contribution in [3.8, 4) is 62.5 Å². The highest BCUT2D eigenvalue weighted by molar-refractivity contribution is 5.91. The van der Waals surface area contributed by atoms with Crippen LogP contribution >= 0.6 is 0 Å². The molecule has 0 radical (unpaired) electrons. The lowest BCUT2D eigenvalue weighted by atomic mass is 9.67. The van der Waals surface area contributed by atoms with Gasteiger partial charge in [-0.05, 0) is 51.1 Å². The number of nitriles is 1. The fourth-order valence-electron chi connectivity index (χ4n) is 7.56. The lowest BCUT2D eigenvalue weighted by Crippen LogP contribution is -2.28. The Hall–Kier alpha value is -6.96. The summed E-state index contributed by atoms with van der Waals surface area (Å²) in [6, 6.07) is 65.1. The molecule has 51 heavy (non-hydrogen) atoms. The fourth-order valence-corrected chi connectivity index (χ4v) is 7.56. The third-order valence-corrected chi connectivity index (χ3v) is 9.87. The van der Waals surface area contributed by atoms with Crippen LogP contribution in [0.15, 0.2) is 182 Å². The molecule has 1 heterocycles. The molecule has 0 N–H and O–H groups in total. The maximum atomic E-state index is 10.3. The average Bonchev–Trinajstić information content (AvgIpc) is 3.52. The molecule has 1 aliphatic rings. The zero-order chi connectivity index (χ0) is 34.2. The minimum absolute atomic E-state index is 0.595. The molecular weight excluding hydrogens is 621 g/mol. The molecule has 0 bridgehead atoms. The number of aromatic nitrogens is 3. The van der Waals surface area contributed by atoms with E-state index in [1.54, 1.807) is 0 Å². The first-order valence-corrected chi connectivity index (χ1v) is 17.0. The Morgan fingerprint density at radius 2 is 0.843 bits per heavy atom. The first-order chi connectivity index (χ1) is 25.2. The molecule has 0 aliphatic heterocycles. The van der Waals surface area contributed by atoms with Crippen LogP contribution in [0.2, 0.25) is 0 Å². The molecular formula is C47H30N4. The molecule has 0 spiro atoms. The van der Waals surface area contributed by atoms with E-state index in [2.05, 4.69) is 115 Å². The summed E-state index contributed by atoms with van der Waals surface area (Å²) in [5.74, 6) is 1.89. The van der Waals surface area contributed by atoms with Gasteiger partial charge in [0.15, 0.2) is 17.5 Å². The van der Waals surface area contributed by atoms with Gasteiger partial charge in [-0.3, -0.25) is 0 Å². The minimum Gasteiger partial charge on any atom is -0.208 e. The van der Waals surface area contributed by atoms with Gasteiger partial charge < -0.3 is 0 Å². The van der Waals surface area contributed by atoms with E-state index in [1.165, 1.54) is 0 Å². The van der Waals surface area contributed by atoms with E-state index in [0.717, 1.165) is 61.2 Å². The number of fused-ring (bicyclic) bond motifs is 3. The molecule has 0 saturated heterocycles. The van der Waals surface area contributed by atoms with Crippen LogP contribution in [0.4, 0.5) is 0 Å². The molecule has 9 rings (SSSR count). The highest BCUT2D eigenvalue weighted by Crippen LogP contribution is 2.57. The Morgan fingerprint density at radius 3 is 1.35 bits per heavy atom. The SMILES string of the molecule is N#Cc1cccc2c1-c1ccc(-c3ccc(-c4nc(-c5ccccc5)nc(-c5ccccc5)n4)cc3)cc1C2(c1ccccc1)c1ccccc1. The number of nitrogens with zero attached hydrogens (tertiary/aromatic N) is 4. The van der Waals surface area contributed by atoms with Crippen LogP contribution in [0.3, 0.4) is 0 Å². The summed E-state index contributed by atoms with van der Waals surface area (Å²) in [4.78, 5) is 14.7. The van der Waals surface area contributed by atoms with Crippen LogP contribution in [-0.2, 0) is 5.41 Å². The average molecular weight is 651 g/mol. The molecule has 0 atom stereocenters. The van der Waals surface area contributed by atoms with Gasteiger partial charge in [0.25, 0.3) is 0 Å². The molecule has 0 saturated carbocycles. The molecule has 238 valence electrons. The van der Waals surface area contributed by atoms with Crippen LogP contribution in [0.5, 0.6) is 0 Å². The van der Waals surface area contributed by atoms with Gasteiger partial charge in [-0.1, -0.05) is 170 Å². The maximum Gasteiger partial charge on any atom is 0.164 e. The van der Waals surface area contributed by atoms with E-state index >= 15 is 0 Å². The van der Waals surface area contributed by atoms with Gasteiger partial charge in [-0.25, -0.2) is 15.0 Å². The number of hydrogen-bond acceptors (Lipinski definition) is 4. The minimum atomic E-state index is -0.595. The summed E-state index contributed by atoms with van der Waals surface area (Å²) in [5.41, 5.74) is 11.7. The van der Waals surface area contributed by atoms with Crippen molar-refractivity contribution in [3.63, 3.8) is 0 Å². The smallest absolute Gasteiger partial charge is 0.164 e. The topological polar surface area (TPSA) is 62.5 Å². The molecule has 8 aromatic rings. The zero-order valence-corrected chi connectivity index (χ0v) is 27.6. The lowest BCUT2D eigenvalue weighted by molar-refractivity contribution is 0.768. The summed E-state index contributed by atoms with van der Waals surface area (Å²) in [6.07, 6.45) is 0. The van der Waals surface area contributed by atoms with Crippen LogP contribution in [0.25, 0.3) is 56.4 Å². The second-order valence-corrected chi connectivity index (χ2v) is 12.7. The van der Waals surface area contributed by atoms with E-state index in [-0.39, 0.29) is 0 Å². The molecule has 1 aromatic heterocycles. The van der Waals surface area contributed by atoms with E-state index in [0.29, 0.717) is 23.0 Å². The Labute approximate surface area is 297 Å². The predicted molar refractivity (Wildman–Crippen MR) is 204 cm³/mol. The summed E-state index contributed by atoms with van der Waals surface area (Å²) < 4.78 is 0. The van der Waals surface area contributed by atoms with Crippen molar-refractivity contribution in [1.29, 1.82) is 5.26 Å². The van der Waals surface area contributed by atoms with Gasteiger partial charge in [-0.2, -0.15) is 5.26 Å². The molecule has 4 nitrogen and oxygen atoms in total. The van der Waals surface area contributed by atoms with Crippen molar-refractivity contribution in [3.05, 3.63) is 210 Å². The van der Waals surface area contributed by atoms with Crippen molar-refractivity contribution in [2.45, 2.75) is 5.41 Å². The van der Waals surface area contributed by atoms with E-state index in [4.69, 9.17) is 15.0 Å². The molecule has 1 aliphatic carbocycles. The highest BCUT2D eigenvalue weighted by atomic mass is 15.0. The van der Waals surface area contributed by atoms with Gasteiger partial charge in [0.05, 0.1) is 17.0 Å². The summed E-state index contributed by atoms with van der Waals surface area (Å²) in [7, 11) is 0. The Balaban J connectivity index is 1.19. The van der Waals surface area contributed by atoms with Crippen molar-refractivity contribution in [1.82, 2.24) is 15.0 Å². The Morgan fingerprint density at radius 1 is 0.392 bits per heavy atom. The van der Waals surface area contributed by atoms with Gasteiger partial charge in [0.1, 0.15) is 0 Å². The molecule has 0 amide bonds. The lowest BCUT2D eigenvalue weighted by Gasteiger charge is -2.34. The van der Waals surface area contributed by atoms with Gasteiger partial charge >= 0.3 is 0 Å². The number of hydrogen-bond donors (Lipinski definition) is 0. The second kappa shape index (κ2) is 12.5. The predicted octanol–water partition coefficient (Wildman–Crippen LogP) is 10.8. The van der Waals surface area contributed by atoms with Gasteiger partial charge in [0, 0.05) is 22.3 Å². The first kappa shape index (κ1) is 30.1. The third kappa shape index (κ3) is 5.03. The van der Waals surface area contributed by atoms with Crippen LogP contribution in [0.1, 0.15) is 27.8 Å². The summed E-state index contributed by atoms with van der Waals surface area (Å²) >= 11 is 0. The Kier molecular flexibility index (Phi) is 7.38. The fraction of sp³-hybridized carbons (Fsp3) is 0.0213. The van der Waals surface area contributed by atoms with Crippen molar-refractivity contribution in [2.75, 3.05) is 0 Å². The van der Waals surface area contributed by atoms with Crippen LogP contribution in [-0.4, -0.2) is 15.0 Å². The first-order valence-electron chi connectivity index (χ1n) is 17.0. The molecule has 0 unspecified atom stereocenters. The van der Waals surface area contributed by atoms with Gasteiger partial charge in [-0.15, -0.1) is 0 Å². The number of benzene rings is 7. The summed E-state index contributed by atoms with van der Waals surface area (Å²) in [6.45, 7) is 0. The van der Waals surface area contributed by atoms with Crippen LogP contribution < -0.4 is 0 Å². The highest BCUT2D eigenvalue weighted by Gasteiger charge is 2.47. The normalized spacial score (nSPS) is 12.5. The number of rotatable bonds is 6. The quantitative estimate of drug-likeness (QED) is 0.180. The van der Waals surface area contributed by atoms with E-state index in [9.17, 15) is 5.26 Å². The van der Waals surface area contributed by atoms with Gasteiger partial charge in [0.2, 0.25) is 0 Å². The zero-order valence-electron chi connectivity index (χ0n) is 27.6. The third-order valence-electron chi connectivity index (χ3n) is 9.87. The molecule has 0 fully saturated rings. The summed E-state index contributed by atoms with van der Waals surface area (Å²) in [5, 5.41) is 10.3. The standard InChI is InChI=1S/C47H30N4/c48-31-37-18-13-23-41-43(37)40-29-28-36(30-42(40)47(41,38-19-9-3-10-20-38)39-21-11-4-12-22-39)32-24-26-35(27-25-32)46-50-44(33-14-5-1-6-15-33)49-45(51-46)34-16-7-2-8-17-34/h1-30H. The van der Waals surface area contributed by atoms with E-state index in [1.807, 2.05) is 72.8 Å². The monoisotopic (exact) mass is 650 g/mol. The van der Waals surface area contributed by atoms with Crippen molar-refractivity contribution < 1.29 is 0 Å². The van der Waals surface area contributed by atoms with E-state index < -0.39 is 5.41 Å². The maximum absolute atomic E-state index is 10.3. The largest absolute Gasteiger partial charge is 0.208 e. The van der Waals surface area contributed by atoms with Crippen molar-refractivity contribution in [2.24, 2.45) is 0 Å². The Bertz CT molecular complexity index is 2460. The molecule has 7 aromatic carbocycles. The van der Waals surface area contributed by atoms with Crippen LogP contribution in [0, 0.1) is 11.3 Å².